The molecular formula is C23H32F3N7O. The van der Waals surface area contributed by atoms with Gasteiger partial charge >= 0.3 is 6.18 Å². The average Bonchev–Trinajstić information content (AvgIpc) is 3.23. The van der Waals surface area contributed by atoms with E-state index in [1.807, 2.05) is 0 Å². The molecule has 34 heavy (non-hydrogen) atoms. The Morgan fingerprint density at radius 3 is 2.59 bits per heavy atom. The van der Waals surface area contributed by atoms with Gasteiger partial charge in [0.05, 0.1) is 0 Å². The molecule has 2 aromatic rings. The Bertz CT molecular complexity index is 1030. The van der Waals surface area contributed by atoms with E-state index in [4.69, 9.17) is 0 Å². The Kier molecular flexibility index (Phi) is 6.84. The fourth-order valence-corrected chi connectivity index (χ4v) is 4.51. The molecule has 2 aliphatic rings. The fraction of sp³-hybridized carbons (Fsp3) is 0.652. The van der Waals surface area contributed by atoms with Gasteiger partial charge in [-0.15, -0.1) is 0 Å². The molecular weight excluding hydrogens is 447 g/mol. The molecule has 0 bridgehead atoms. The Morgan fingerprint density at radius 2 is 1.91 bits per heavy atom. The van der Waals surface area contributed by atoms with Gasteiger partial charge in [0, 0.05) is 55.8 Å². The van der Waals surface area contributed by atoms with E-state index in [2.05, 4.69) is 51.3 Å². The lowest BCUT2D eigenvalue weighted by Crippen LogP contribution is -2.40. The van der Waals surface area contributed by atoms with Crippen LogP contribution in [0.1, 0.15) is 69.5 Å². The summed E-state index contributed by atoms with van der Waals surface area (Å²) in [6.07, 6.45) is 1.36. The second-order valence-electron chi connectivity index (χ2n) is 9.67. The molecule has 0 radical (unpaired) electrons. The van der Waals surface area contributed by atoms with Crippen LogP contribution < -0.4 is 15.5 Å². The van der Waals surface area contributed by atoms with Crippen LogP contribution >= 0.6 is 0 Å². The number of nitrogens with one attached hydrogen (secondary N) is 2. The number of nitrogens with zero attached hydrogens (tertiary/aromatic N) is 5. The second kappa shape index (κ2) is 9.52. The van der Waals surface area contributed by atoms with Gasteiger partial charge in [-0.2, -0.15) is 13.2 Å². The van der Waals surface area contributed by atoms with E-state index < -0.39 is 11.9 Å². The van der Waals surface area contributed by atoms with Crippen molar-refractivity contribution in [3.8, 4) is 0 Å². The highest BCUT2D eigenvalue weighted by molar-refractivity contribution is 5.93. The molecule has 0 aliphatic carbocycles. The van der Waals surface area contributed by atoms with Crippen molar-refractivity contribution in [3.05, 3.63) is 29.6 Å². The van der Waals surface area contributed by atoms with Crippen LogP contribution in [-0.2, 0) is 23.9 Å². The number of hydrogen-bond acceptors (Lipinski definition) is 6. The van der Waals surface area contributed by atoms with Crippen molar-refractivity contribution in [2.75, 3.05) is 29.9 Å². The third kappa shape index (κ3) is 5.34. The molecule has 2 N–H and O–H groups in total. The lowest BCUT2D eigenvalue weighted by Gasteiger charge is -2.34. The van der Waals surface area contributed by atoms with Crippen molar-refractivity contribution in [2.24, 2.45) is 0 Å². The van der Waals surface area contributed by atoms with Crippen LogP contribution in [0.4, 0.5) is 24.8 Å². The minimum atomic E-state index is -4.47. The van der Waals surface area contributed by atoms with Gasteiger partial charge in [0.25, 0.3) is 0 Å². The zero-order valence-corrected chi connectivity index (χ0v) is 19.9. The monoisotopic (exact) mass is 479 g/mol. The molecule has 0 saturated carbocycles. The summed E-state index contributed by atoms with van der Waals surface area (Å²) in [5.41, 5.74) is 0.0149. The molecule has 0 unspecified atom stereocenters. The molecule has 0 aromatic carbocycles. The van der Waals surface area contributed by atoms with Gasteiger partial charge in [0.2, 0.25) is 5.91 Å². The Labute approximate surface area is 197 Å². The van der Waals surface area contributed by atoms with Crippen molar-refractivity contribution < 1.29 is 18.0 Å². The van der Waals surface area contributed by atoms with Crippen LogP contribution in [0, 0.1) is 0 Å². The number of carbonyl (C=O) groups is 1. The summed E-state index contributed by atoms with van der Waals surface area (Å²) in [7, 11) is 0. The first kappa shape index (κ1) is 24.4. The molecule has 11 heteroatoms. The van der Waals surface area contributed by atoms with Crippen LogP contribution in [-0.4, -0.2) is 50.6 Å². The molecule has 0 spiro atoms. The smallest absolute Gasteiger partial charge is 0.356 e. The van der Waals surface area contributed by atoms with Crippen molar-refractivity contribution in [1.82, 2.24) is 24.8 Å². The first-order chi connectivity index (χ1) is 16.1. The van der Waals surface area contributed by atoms with Gasteiger partial charge in [-0.1, -0.05) is 6.92 Å². The van der Waals surface area contributed by atoms with Crippen molar-refractivity contribution >= 4 is 17.5 Å². The number of halogens is 3. The predicted octanol–water partition coefficient (Wildman–Crippen LogP) is 3.74. The summed E-state index contributed by atoms with van der Waals surface area (Å²) in [5.74, 6) is 1.73. The van der Waals surface area contributed by atoms with E-state index in [-0.39, 0.29) is 17.4 Å². The molecule has 4 heterocycles. The average molecular weight is 480 g/mol. The Hall–Kier alpha value is -2.69. The summed E-state index contributed by atoms with van der Waals surface area (Å²) in [6, 6.07) is 0. The van der Waals surface area contributed by atoms with E-state index in [1.165, 1.54) is 6.33 Å². The number of aromatic nitrogens is 4. The number of anilines is 2. The lowest BCUT2D eigenvalue weighted by molar-refractivity contribution is -0.141. The molecule has 2 aliphatic heterocycles. The van der Waals surface area contributed by atoms with Crippen LogP contribution in [0.25, 0.3) is 0 Å². The third-order valence-corrected chi connectivity index (χ3v) is 6.88. The molecule has 0 atom stereocenters. The van der Waals surface area contributed by atoms with Crippen molar-refractivity contribution in [2.45, 2.75) is 77.1 Å². The standard InChI is InChI=1S/C23H32F3N7O/c1-4-22(2,3)29-9-12-33-13-17(23(24,25)26)30-20(33)15-7-10-32(11-8-15)21-16-5-6-18(34)31-19(16)27-14-28-21/h13-15,29H,4-12H2,1-3H3,(H,27,28,31,34). The maximum atomic E-state index is 13.4. The third-order valence-electron chi connectivity index (χ3n) is 6.88. The van der Waals surface area contributed by atoms with Gasteiger partial charge in [0.15, 0.2) is 5.69 Å². The number of carbonyl (C=O) groups excluding carboxylic acids is 1. The second-order valence-corrected chi connectivity index (χ2v) is 9.67. The number of piperidine rings is 1. The highest BCUT2D eigenvalue weighted by Gasteiger charge is 2.37. The predicted molar refractivity (Wildman–Crippen MR) is 123 cm³/mol. The fourth-order valence-electron chi connectivity index (χ4n) is 4.51. The lowest BCUT2D eigenvalue weighted by atomic mass is 9.95. The van der Waals surface area contributed by atoms with Gasteiger partial charge in [-0.25, -0.2) is 15.0 Å². The number of imidazole rings is 1. The van der Waals surface area contributed by atoms with E-state index in [1.54, 1.807) is 4.57 Å². The number of amides is 1. The van der Waals surface area contributed by atoms with E-state index in [0.717, 1.165) is 24.0 Å². The molecule has 1 saturated heterocycles. The number of rotatable bonds is 7. The first-order valence-electron chi connectivity index (χ1n) is 11.9. The molecule has 186 valence electrons. The summed E-state index contributed by atoms with van der Waals surface area (Å²) < 4.78 is 42.0. The Morgan fingerprint density at radius 1 is 1.18 bits per heavy atom. The minimum Gasteiger partial charge on any atom is -0.356 e. The van der Waals surface area contributed by atoms with E-state index in [9.17, 15) is 18.0 Å². The largest absolute Gasteiger partial charge is 0.434 e. The van der Waals surface area contributed by atoms with Gasteiger partial charge in [0.1, 0.15) is 23.8 Å². The quantitative estimate of drug-likeness (QED) is 0.629. The molecule has 8 nitrogen and oxygen atoms in total. The van der Waals surface area contributed by atoms with Crippen LogP contribution in [0.2, 0.25) is 0 Å². The molecule has 2 aromatic heterocycles. The normalized spacial score (nSPS) is 17.6. The highest BCUT2D eigenvalue weighted by atomic mass is 19.4. The minimum absolute atomic E-state index is 0.0556. The van der Waals surface area contributed by atoms with Gasteiger partial charge in [-0.05, 0) is 39.5 Å². The van der Waals surface area contributed by atoms with Gasteiger partial charge < -0.3 is 20.1 Å². The maximum Gasteiger partial charge on any atom is 0.434 e. The zero-order chi connectivity index (χ0) is 24.5. The summed E-state index contributed by atoms with van der Waals surface area (Å²) in [4.78, 5) is 26.5. The summed E-state index contributed by atoms with van der Waals surface area (Å²) in [6.45, 7) is 8.54. The summed E-state index contributed by atoms with van der Waals surface area (Å²) >= 11 is 0. The molecule has 4 rings (SSSR count). The van der Waals surface area contributed by atoms with Crippen LogP contribution in [0.15, 0.2) is 12.5 Å². The molecule has 1 amide bonds. The number of hydrogen-bond donors (Lipinski definition) is 2. The highest BCUT2D eigenvalue weighted by Crippen LogP contribution is 2.36. The zero-order valence-electron chi connectivity index (χ0n) is 19.9. The van der Waals surface area contributed by atoms with Crippen molar-refractivity contribution in [1.29, 1.82) is 0 Å². The molecule has 1 fully saturated rings. The first-order valence-corrected chi connectivity index (χ1v) is 11.9. The number of alkyl halides is 3. The summed E-state index contributed by atoms with van der Waals surface area (Å²) in [5, 5.41) is 6.20. The number of fused-ring (bicyclic) bond motifs is 1. The van der Waals surface area contributed by atoms with E-state index in [0.29, 0.717) is 63.5 Å². The maximum absolute atomic E-state index is 13.4. The Balaban J connectivity index is 1.48. The van der Waals surface area contributed by atoms with Crippen LogP contribution in [0.5, 0.6) is 0 Å². The van der Waals surface area contributed by atoms with Crippen LogP contribution in [0.3, 0.4) is 0 Å². The van der Waals surface area contributed by atoms with Crippen molar-refractivity contribution in [3.63, 3.8) is 0 Å². The SMILES string of the molecule is CCC(C)(C)NCCn1cc(C(F)(F)F)nc1C1CCN(c2ncnc3c2CCC(=O)N3)CC1. The van der Waals surface area contributed by atoms with E-state index >= 15 is 0 Å². The topological polar surface area (TPSA) is 88.0 Å². The van der Waals surface area contributed by atoms with Gasteiger partial charge in [-0.3, -0.25) is 4.79 Å².